The summed E-state index contributed by atoms with van der Waals surface area (Å²) in [5.41, 5.74) is 11.0. The van der Waals surface area contributed by atoms with Crippen molar-refractivity contribution in [3.05, 3.63) is 40.3 Å². The molecule has 17 heavy (non-hydrogen) atoms. The first kappa shape index (κ1) is 11.8. The summed E-state index contributed by atoms with van der Waals surface area (Å²) < 4.78 is 0. The molecule has 1 aromatic rings. The van der Waals surface area contributed by atoms with Crippen LogP contribution in [-0.4, -0.2) is 12.1 Å². The number of hydrogen-bond donors (Lipinski definition) is 1. The van der Waals surface area contributed by atoms with Crippen molar-refractivity contribution in [2.75, 3.05) is 5.32 Å². The van der Waals surface area contributed by atoms with Gasteiger partial charge in [0.2, 0.25) is 0 Å². The normalized spacial score (nSPS) is 23.8. The first-order valence-corrected chi connectivity index (χ1v) is 6.17. The summed E-state index contributed by atoms with van der Waals surface area (Å²) in [5.74, 6) is 0. The second-order valence-electron chi connectivity index (χ2n) is 4.62. The Bertz CT molecular complexity index is 423. The van der Waals surface area contributed by atoms with Gasteiger partial charge in [0.15, 0.2) is 0 Å². The predicted molar refractivity (Wildman–Crippen MR) is 70.0 cm³/mol. The van der Waals surface area contributed by atoms with Crippen LogP contribution < -0.4 is 5.32 Å². The molecule has 2 rings (SSSR count). The Morgan fingerprint density at radius 2 is 2.06 bits per heavy atom. The lowest BCUT2D eigenvalue weighted by Crippen LogP contribution is -2.35. The fraction of sp³-hybridized carbons (Fsp3) is 0.538. The Morgan fingerprint density at radius 1 is 1.29 bits per heavy atom. The summed E-state index contributed by atoms with van der Waals surface area (Å²) in [6, 6.07) is 8.60. The minimum atomic E-state index is 0.0911. The Kier molecular flexibility index (Phi) is 3.89. The maximum atomic E-state index is 8.59. The fourth-order valence-electron chi connectivity index (χ4n) is 2.42. The van der Waals surface area contributed by atoms with Crippen molar-refractivity contribution in [1.82, 2.24) is 0 Å². The molecule has 1 aromatic carbocycles. The van der Waals surface area contributed by atoms with Crippen LogP contribution in [0.1, 0.15) is 31.2 Å². The zero-order valence-corrected chi connectivity index (χ0v) is 10.1. The zero-order chi connectivity index (χ0) is 12.1. The number of aryl methyl sites for hydroxylation is 1. The molecule has 0 spiro atoms. The molecular weight excluding hydrogens is 212 g/mol. The predicted octanol–water partition coefficient (Wildman–Crippen LogP) is 4.03. The standard InChI is InChI=1S/C13H18N4/c1-10-6-2-3-7-11(10)15-12-8-4-5-9-13(12)16-17-14/h2-3,6-7,12-13,15H,4-5,8-9H2,1H3/t12-,13-/m1/s1. The molecule has 1 aliphatic carbocycles. The topological polar surface area (TPSA) is 60.8 Å². The average Bonchev–Trinajstić information content (AvgIpc) is 2.35. The lowest BCUT2D eigenvalue weighted by atomic mass is 9.90. The van der Waals surface area contributed by atoms with E-state index in [2.05, 4.69) is 34.4 Å². The molecule has 0 heterocycles. The van der Waals surface area contributed by atoms with E-state index in [1.165, 1.54) is 12.0 Å². The molecule has 4 heteroatoms. The first-order valence-electron chi connectivity index (χ1n) is 6.17. The van der Waals surface area contributed by atoms with E-state index >= 15 is 0 Å². The second-order valence-corrected chi connectivity index (χ2v) is 4.62. The average molecular weight is 230 g/mol. The van der Waals surface area contributed by atoms with E-state index < -0.39 is 0 Å². The van der Waals surface area contributed by atoms with Crippen molar-refractivity contribution < 1.29 is 0 Å². The van der Waals surface area contributed by atoms with Crippen LogP contribution in [0.4, 0.5) is 5.69 Å². The van der Waals surface area contributed by atoms with Gasteiger partial charge in [0.25, 0.3) is 0 Å². The second kappa shape index (κ2) is 5.60. The van der Waals surface area contributed by atoms with Gasteiger partial charge in [-0.05, 0) is 36.9 Å². The van der Waals surface area contributed by atoms with Crippen LogP contribution >= 0.6 is 0 Å². The molecule has 1 saturated carbocycles. The van der Waals surface area contributed by atoms with Crippen LogP contribution in [0.2, 0.25) is 0 Å². The van der Waals surface area contributed by atoms with E-state index in [9.17, 15) is 0 Å². The van der Waals surface area contributed by atoms with E-state index in [0.29, 0.717) is 0 Å². The molecule has 0 amide bonds. The van der Waals surface area contributed by atoms with E-state index in [1.807, 2.05) is 12.1 Å². The monoisotopic (exact) mass is 230 g/mol. The highest BCUT2D eigenvalue weighted by molar-refractivity contribution is 5.51. The maximum absolute atomic E-state index is 8.59. The van der Waals surface area contributed by atoms with Crippen LogP contribution in [0.15, 0.2) is 29.4 Å². The lowest BCUT2D eigenvalue weighted by molar-refractivity contribution is 0.403. The molecule has 2 atom stereocenters. The van der Waals surface area contributed by atoms with Crippen molar-refractivity contribution >= 4 is 5.69 Å². The minimum absolute atomic E-state index is 0.0911. The molecule has 4 nitrogen and oxygen atoms in total. The number of anilines is 1. The van der Waals surface area contributed by atoms with E-state index in [0.717, 1.165) is 24.9 Å². The van der Waals surface area contributed by atoms with Crippen molar-refractivity contribution in [3.63, 3.8) is 0 Å². The molecule has 0 bridgehead atoms. The van der Waals surface area contributed by atoms with Gasteiger partial charge in [0.05, 0.1) is 6.04 Å². The molecule has 0 aliphatic heterocycles. The van der Waals surface area contributed by atoms with Crippen LogP contribution in [0.5, 0.6) is 0 Å². The molecular formula is C13H18N4. The number of para-hydroxylation sites is 1. The Labute approximate surface area is 102 Å². The SMILES string of the molecule is Cc1ccccc1N[C@@H]1CCCC[C@H]1N=[N+]=[N-]. The number of nitrogens with one attached hydrogen (secondary N) is 1. The van der Waals surface area contributed by atoms with Crippen LogP contribution in [0, 0.1) is 6.92 Å². The van der Waals surface area contributed by atoms with Crippen LogP contribution in [0.25, 0.3) is 10.4 Å². The quantitative estimate of drug-likeness (QED) is 0.475. The fourth-order valence-corrected chi connectivity index (χ4v) is 2.42. The Morgan fingerprint density at radius 3 is 2.82 bits per heavy atom. The molecule has 1 aliphatic rings. The third-order valence-electron chi connectivity index (χ3n) is 3.42. The molecule has 1 N–H and O–H groups in total. The summed E-state index contributed by atoms with van der Waals surface area (Å²) in [4.78, 5) is 2.96. The van der Waals surface area contributed by atoms with Gasteiger partial charge in [-0.25, -0.2) is 0 Å². The number of rotatable bonds is 3. The Balaban J connectivity index is 2.10. The lowest BCUT2D eigenvalue weighted by Gasteiger charge is -2.30. The molecule has 0 aromatic heterocycles. The van der Waals surface area contributed by atoms with E-state index in [4.69, 9.17) is 5.53 Å². The minimum Gasteiger partial charge on any atom is -0.382 e. The van der Waals surface area contributed by atoms with Crippen molar-refractivity contribution in [3.8, 4) is 0 Å². The highest BCUT2D eigenvalue weighted by atomic mass is 15.2. The smallest absolute Gasteiger partial charge is 0.0575 e. The largest absolute Gasteiger partial charge is 0.382 e. The van der Waals surface area contributed by atoms with Gasteiger partial charge in [-0.2, -0.15) is 0 Å². The van der Waals surface area contributed by atoms with Crippen LogP contribution in [-0.2, 0) is 0 Å². The van der Waals surface area contributed by atoms with Gasteiger partial charge >= 0.3 is 0 Å². The van der Waals surface area contributed by atoms with Crippen molar-refractivity contribution in [2.24, 2.45) is 5.11 Å². The molecule has 0 saturated heterocycles. The molecule has 90 valence electrons. The van der Waals surface area contributed by atoms with Gasteiger partial charge in [-0.1, -0.05) is 36.2 Å². The highest BCUT2D eigenvalue weighted by Gasteiger charge is 2.24. The number of azide groups is 1. The summed E-state index contributed by atoms with van der Waals surface area (Å²) in [5, 5.41) is 7.43. The van der Waals surface area contributed by atoms with E-state index in [1.54, 1.807) is 0 Å². The maximum Gasteiger partial charge on any atom is 0.0575 e. The number of hydrogen-bond acceptors (Lipinski definition) is 2. The summed E-state index contributed by atoms with van der Waals surface area (Å²) in [6.07, 6.45) is 4.45. The Hall–Kier alpha value is -1.67. The third kappa shape index (κ3) is 2.92. The molecule has 0 unspecified atom stereocenters. The van der Waals surface area contributed by atoms with Crippen molar-refractivity contribution in [2.45, 2.75) is 44.7 Å². The summed E-state index contributed by atoms with van der Waals surface area (Å²) in [7, 11) is 0. The highest BCUT2D eigenvalue weighted by Crippen LogP contribution is 2.25. The molecule has 1 fully saturated rings. The third-order valence-corrected chi connectivity index (χ3v) is 3.42. The van der Waals surface area contributed by atoms with E-state index in [-0.39, 0.29) is 12.1 Å². The van der Waals surface area contributed by atoms with Gasteiger partial charge in [0.1, 0.15) is 0 Å². The van der Waals surface area contributed by atoms with Gasteiger partial charge in [0, 0.05) is 16.6 Å². The van der Waals surface area contributed by atoms with Crippen LogP contribution in [0.3, 0.4) is 0 Å². The van der Waals surface area contributed by atoms with Gasteiger partial charge < -0.3 is 5.32 Å². The van der Waals surface area contributed by atoms with Crippen molar-refractivity contribution in [1.29, 1.82) is 0 Å². The number of nitrogens with zero attached hydrogens (tertiary/aromatic N) is 3. The van der Waals surface area contributed by atoms with Gasteiger partial charge in [-0.15, -0.1) is 0 Å². The summed E-state index contributed by atoms with van der Waals surface area (Å²) in [6.45, 7) is 2.09. The zero-order valence-electron chi connectivity index (χ0n) is 10.1. The summed E-state index contributed by atoms with van der Waals surface area (Å²) >= 11 is 0. The first-order chi connectivity index (χ1) is 8.31. The number of benzene rings is 1. The van der Waals surface area contributed by atoms with Gasteiger partial charge in [-0.3, -0.25) is 0 Å². The molecule has 0 radical (unpaired) electrons.